The third-order valence-electron chi connectivity index (χ3n) is 2.82. The number of likely N-dealkylation sites (N-methyl/N-ethyl adjacent to an activating group) is 1. The summed E-state index contributed by atoms with van der Waals surface area (Å²) in [6, 6.07) is 8.21. The summed E-state index contributed by atoms with van der Waals surface area (Å²) in [7, 11) is 0. The van der Waals surface area contributed by atoms with Crippen molar-refractivity contribution in [1.82, 2.24) is 4.90 Å². The predicted octanol–water partition coefficient (Wildman–Crippen LogP) is 2.06. The lowest BCUT2D eigenvalue weighted by atomic mass is 10.1. The zero-order valence-corrected chi connectivity index (χ0v) is 9.74. The highest BCUT2D eigenvalue weighted by atomic mass is 16.3. The van der Waals surface area contributed by atoms with Gasteiger partial charge >= 0.3 is 0 Å². The smallest absolute Gasteiger partial charge is 0.0681 e. The van der Waals surface area contributed by atoms with Crippen molar-refractivity contribution in [3.63, 3.8) is 0 Å². The molecule has 0 spiro atoms. The van der Waals surface area contributed by atoms with E-state index in [-0.39, 0.29) is 6.61 Å². The van der Waals surface area contributed by atoms with E-state index in [1.165, 1.54) is 5.56 Å². The van der Waals surface area contributed by atoms with E-state index in [1.54, 1.807) is 0 Å². The minimum atomic E-state index is 0.135. The maximum atomic E-state index is 8.91. The largest absolute Gasteiger partial charge is 0.392 e. The summed E-state index contributed by atoms with van der Waals surface area (Å²) in [5.41, 5.74) is 2.33. The van der Waals surface area contributed by atoms with Crippen molar-refractivity contribution in [3.05, 3.63) is 35.4 Å². The van der Waals surface area contributed by atoms with Gasteiger partial charge in [-0.05, 0) is 30.6 Å². The minimum Gasteiger partial charge on any atom is -0.392 e. The Labute approximate surface area is 92.5 Å². The lowest BCUT2D eigenvalue weighted by molar-refractivity contribution is 0.281. The number of hydrogen-bond acceptors (Lipinski definition) is 2. The molecule has 0 fully saturated rings. The van der Waals surface area contributed by atoms with Crippen LogP contribution in [0.15, 0.2) is 24.3 Å². The molecule has 2 nitrogen and oxygen atoms in total. The van der Waals surface area contributed by atoms with Crippen molar-refractivity contribution in [2.24, 2.45) is 0 Å². The molecule has 1 aromatic carbocycles. The van der Waals surface area contributed by atoms with Crippen LogP contribution in [-0.2, 0) is 13.0 Å². The van der Waals surface area contributed by atoms with Gasteiger partial charge in [0.2, 0.25) is 0 Å². The van der Waals surface area contributed by atoms with Crippen LogP contribution in [0.5, 0.6) is 0 Å². The van der Waals surface area contributed by atoms with Crippen LogP contribution in [0.1, 0.15) is 25.0 Å². The molecule has 0 amide bonds. The molecule has 0 unspecified atom stereocenters. The highest BCUT2D eigenvalue weighted by Crippen LogP contribution is 2.05. The molecule has 1 rings (SSSR count). The Kier molecular flexibility index (Phi) is 5.37. The Hall–Kier alpha value is -0.860. The van der Waals surface area contributed by atoms with Gasteiger partial charge in [0.1, 0.15) is 0 Å². The van der Waals surface area contributed by atoms with E-state index in [4.69, 9.17) is 5.11 Å². The average Bonchev–Trinajstić information content (AvgIpc) is 2.31. The van der Waals surface area contributed by atoms with Crippen LogP contribution in [0.2, 0.25) is 0 Å². The highest BCUT2D eigenvalue weighted by molar-refractivity contribution is 5.22. The fraction of sp³-hybridized carbons (Fsp3) is 0.538. The summed E-state index contributed by atoms with van der Waals surface area (Å²) in [4.78, 5) is 2.42. The van der Waals surface area contributed by atoms with Crippen LogP contribution >= 0.6 is 0 Å². The molecule has 2 heteroatoms. The first kappa shape index (κ1) is 12.2. The second kappa shape index (κ2) is 6.59. The summed E-state index contributed by atoms with van der Waals surface area (Å²) in [6.07, 6.45) is 1.09. The Morgan fingerprint density at radius 1 is 1.00 bits per heavy atom. The lowest BCUT2D eigenvalue weighted by Crippen LogP contribution is -2.25. The highest BCUT2D eigenvalue weighted by Gasteiger charge is 1.99. The summed E-state index contributed by atoms with van der Waals surface area (Å²) >= 11 is 0. The van der Waals surface area contributed by atoms with Crippen molar-refractivity contribution in [1.29, 1.82) is 0 Å². The number of nitrogens with zero attached hydrogens (tertiary/aromatic N) is 1. The van der Waals surface area contributed by atoms with Crippen molar-refractivity contribution < 1.29 is 5.11 Å². The monoisotopic (exact) mass is 207 g/mol. The van der Waals surface area contributed by atoms with Crippen molar-refractivity contribution in [2.45, 2.75) is 26.9 Å². The van der Waals surface area contributed by atoms with Gasteiger partial charge in [0.15, 0.2) is 0 Å². The van der Waals surface area contributed by atoms with E-state index in [0.717, 1.165) is 31.6 Å². The number of aliphatic hydroxyl groups excluding tert-OH is 1. The standard InChI is InChI=1S/C13H21NO/c1-3-14(4-2)10-9-12-5-7-13(11-15)8-6-12/h5-8,15H,3-4,9-11H2,1-2H3. The molecule has 84 valence electrons. The Bertz CT molecular complexity index is 264. The zero-order valence-electron chi connectivity index (χ0n) is 9.74. The van der Waals surface area contributed by atoms with Crippen LogP contribution < -0.4 is 0 Å². The summed E-state index contributed by atoms with van der Waals surface area (Å²) in [5, 5.41) is 8.91. The molecule has 0 radical (unpaired) electrons. The molecule has 0 aliphatic heterocycles. The Balaban J connectivity index is 2.43. The van der Waals surface area contributed by atoms with E-state index in [0.29, 0.717) is 0 Å². The second-order valence-electron chi connectivity index (χ2n) is 3.75. The molecule has 0 aliphatic carbocycles. The summed E-state index contributed by atoms with van der Waals surface area (Å²) in [5.74, 6) is 0. The molecular formula is C13H21NO. The third kappa shape index (κ3) is 4.02. The fourth-order valence-electron chi connectivity index (χ4n) is 1.64. The Morgan fingerprint density at radius 3 is 2.00 bits per heavy atom. The summed E-state index contributed by atoms with van der Waals surface area (Å²) < 4.78 is 0. The molecule has 0 bridgehead atoms. The van der Waals surface area contributed by atoms with Crippen LogP contribution in [0, 0.1) is 0 Å². The van der Waals surface area contributed by atoms with Crippen LogP contribution in [0.25, 0.3) is 0 Å². The fourth-order valence-corrected chi connectivity index (χ4v) is 1.64. The van der Waals surface area contributed by atoms with E-state index >= 15 is 0 Å². The van der Waals surface area contributed by atoms with Gasteiger partial charge in [-0.2, -0.15) is 0 Å². The van der Waals surface area contributed by atoms with E-state index < -0.39 is 0 Å². The normalized spacial score (nSPS) is 10.9. The first-order valence-electron chi connectivity index (χ1n) is 5.71. The molecule has 15 heavy (non-hydrogen) atoms. The van der Waals surface area contributed by atoms with Gasteiger partial charge in [0.05, 0.1) is 6.61 Å². The molecule has 0 heterocycles. The van der Waals surface area contributed by atoms with Crippen LogP contribution in [-0.4, -0.2) is 29.6 Å². The summed E-state index contributed by atoms with van der Waals surface area (Å²) in [6.45, 7) is 7.87. The molecule has 0 saturated heterocycles. The maximum Gasteiger partial charge on any atom is 0.0681 e. The quantitative estimate of drug-likeness (QED) is 0.772. The lowest BCUT2D eigenvalue weighted by Gasteiger charge is -2.17. The molecule has 0 saturated carbocycles. The van der Waals surface area contributed by atoms with E-state index in [1.807, 2.05) is 12.1 Å². The van der Waals surface area contributed by atoms with Gasteiger partial charge < -0.3 is 10.0 Å². The minimum absolute atomic E-state index is 0.135. The number of benzene rings is 1. The van der Waals surface area contributed by atoms with Crippen molar-refractivity contribution in [2.75, 3.05) is 19.6 Å². The maximum absolute atomic E-state index is 8.91. The zero-order chi connectivity index (χ0) is 11.1. The number of rotatable bonds is 6. The van der Waals surface area contributed by atoms with Gasteiger partial charge in [0.25, 0.3) is 0 Å². The van der Waals surface area contributed by atoms with Gasteiger partial charge in [-0.3, -0.25) is 0 Å². The molecule has 0 aliphatic rings. The van der Waals surface area contributed by atoms with Crippen LogP contribution in [0.4, 0.5) is 0 Å². The van der Waals surface area contributed by atoms with Gasteiger partial charge in [-0.1, -0.05) is 38.1 Å². The first-order chi connectivity index (χ1) is 7.30. The number of aliphatic hydroxyl groups is 1. The van der Waals surface area contributed by atoms with Gasteiger partial charge in [0, 0.05) is 6.54 Å². The molecule has 1 N–H and O–H groups in total. The average molecular weight is 207 g/mol. The van der Waals surface area contributed by atoms with Crippen molar-refractivity contribution >= 4 is 0 Å². The predicted molar refractivity (Wildman–Crippen MR) is 63.9 cm³/mol. The SMILES string of the molecule is CCN(CC)CCc1ccc(CO)cc1. The van der Waals surface area contributed by atoms with Gasteiger partial charge in [-0.25, -0.2) is 0 Å². The Morgan fingerprint density at radius 2 is 1.53 bits per heavy atom. The molecule has 0 aromatic heterocycles. The molecular weight excluding hydrogens is 186 g/mol. The van der Waals surface area contributed by atoms with Crippen LogP contribution in [0.3, 0.4) is 0 Å². The molecule has 1 aromatic rings. The second-order valence-corrected chi connectivity index (χ2v) is 3.75. The number of hydrogen-bond donors (Lipinski definition) is 1. The van der Waals surface area contributed by atoms with Crippen molar-refractivity contribution in [3.8, 4) is 0 Å². The topological polar surface area (TPSA) is 23.5 Å². The van der Waals surface area contributed by atoms with E-state index in [2.05, 4.69) is 30.9 Å². The van der Waals surface area contributed by atoms with Gasteiger partial charge in [-0.15, -0.1) is 0 Å². The third-order valence-corrected chi connectivity index (χ3v) is 2.82. The molecule has 0 atom stereocenters. The first-order valence-corrected chi connectivity index (χ1v) is 5.71. The van der Waals surface area contributed by atoms with E-state index in [9.17, 15) is 0 Å².